The number of ether oxygens (including phenoxy) is 1. The number of rotatable bonds is 4. The van der Waals surface area contributed by atoms with Crippen molar-refractivity contribution in [2.45, 2.75) is 39.0 Å². The van der Waals surface area contributed by atoms with Gasteiger partial charge in [0.15, 0.2) is 6.61 Å². The Kier molecular flexibility index (Phi) is 5.70. The summed E-state index contributed by atoms with van der Waals surface area (Å²) in [7, 11) is 0. The lowest BCUT2D eigenvalue weighted by Gasteiger charge is -2.31. The quantitative estimate of drug-likeness (QED) is 0.780. The highest BCUT2D eigenvalue weighted by Crippen LogP contribution is 2.32. The SMILES string of the molecule is C[C@H]1CCc2nc3ccccc3c(C(=O)OCC(=O)N3CCC[C@H](C(N)=O)C3)c2C1. The molecule has 2 heterocycles. The first-order valence-corrected chi connectivity index (χ1v) is 10.6. The van der Waals surface area contributed by atoms with E-state index in [1.54, 1.807) is 4.90 Å². The maximum absolute atomic E-state index is 13.1. The van der Waals surface area contributed by atoms with E-state index in [-0.39, 0.29) is 25.0 Å². The molecule has 158 valence electrons. The normalized spacial score (nSPS) is 21.2. The summed E-state index contributed by atoms with van der Waals surface area (Å²) in [5.41, 5.74) is 8.58. The Labute approximate surface area is 175 Å². The summed E-state index contributed by atoms with van der Waals surface area (Å²) in [6.07, 6.45) is 4.06. The van der Waals surface area contributed by atoms with Crippen molar-refractivity contribution in [3.63, 3.8) is 0 Å². The Hall–Kier alpha value is -2.96. The molecule has 1 aliphatic heterocycles. The van der Waals surface area contributed by atoms with E-state index in [2.05, 4.69) is 6.92 Å². The number of benzene rings is 1. The maximum Gasteiger partial charge on any atom is 0.339 e. The van der Waals surface area contributed by atoms with Gasteiger partial charge in [-0.25, -0.2) is 4.79 Å². The van der Waals surface area contributed by atoms with Crippen LogP contribution in [0, 0.1) is 11.8 Å². The molecular formula is C23H27N3O4. The second-order valence-electron chi connectivity index (χ2n) is 8.43. The van der Waals surface area contributed by atoms with E-state index in [0.29, 0.717) is 30.9 Å². The van der Waals surface area contributed by atoms with Crippen LogP contribution in [-0.2, 0) is 27.2 Å². The largest absolute Gasteiger partial charge is 0.452 e. The molecule has 30 heavy (non-hydrogen) atoms. The number of piperidine rings is 1. The highest BCUT2D eigenvalue weighted by molar-refractivity contribution is 6.05. The summed E-state index contributed by atoms with van der Waals surface area (Å²) in [6, 6.07) is 7.55. The summed E-state index contributed by atoms with van der Waals surface area (Å²) < 4.78 is 5.47. The van der Waals surface area contributed by atoms with E-state index in [9.17, 15) is 14.4 Å². The van der Waals surface area contributed by atoms with Crippen molar-refractivity contribution >= 4 is 28.7 Å². The van der Waals surface area contributed by atoms with Gasteiger partial charge in [0.2, 0.25) is 5.91 Å². The third kappa shape index (κ3) is 4.01. The number of carbonyl (C=O) groups excluding carboxylic acids is 3. The molecule has 2 amide bonds. The second kappa shape index (κ2) is 8.42. The fraction of sp³-hybridized carbons (Fsp3) is 0.478. The predicted molar refractivity (Wildman–Crippen MR) is 112 cm³/mol. The van der Waals surface area contributed by atoms with Crippen LogP contribution in [0.25, 0.3) is 10.9 Å². The Morgan fingerprint density at radius 3 is 2.83 bits per heavy atom. The number of nitrogens with two attached hydrogens (primary N) is 1. The lowest BCUT2D eigenvalue weighted by Crippen LogP contribution is -2.45. The molecule has 0 bridgehead atoms. The van der Waals surface area contributed by atoms with Crippen LogP contribution < -0.4 is 5.73 Å². The number of primary amides is 1. The van der Waals surface area contributed by atoms with Crippen molar-refractivity contribution in [1.29, 1.82) is 0 Å². The Morgan fingerprint density at radius 1 is 1.23 bits per heavy atom. The highest BCUT2D eigenvalue weighted by Gasteiger charge is 2.29. The van der Waals surface area contributed by atoms with Crippen LogP contribution in [0.2, 0.25) is 0 Å². The number of carbonyl (C=O) groups is 3. The zero-order chi connectivity index (χ0) is 21.3. The van der Waals surface area contributed by atoms with Crippen molar-refractivity contribution in [2.75, 3.05) is 19.7 Å². The van der Waals surface area contributed by atoms with E-state index in [0.717, 1.165) is 41.4 Å². The Morgan fingerprint density at radius 2 is 2.03 bits per heavy atom. The van der Waals surface area contributed by atoms with Gasteiger partial charge in [-0.1, -0.05) is 25.1 Å². The fourth-order valence-corrected chi connectivity index (χ4v) is 4.52. The molecule has 1 aliphatic carbocycles. The van der Waals surface area contributed by atoms with Crippen LogP contribution in [0.5, 0.6) is 0 Å². The summed E-state index contributed by atoms with van der Waals surface area (Å²) in [5.74, 6) is -1.05. The molecule has 2 N–H and O–H groups in total. The first kappa shape index (κ1) is 20.3. The summed E-state index contributed by atoms with van der Waals surface area (Å²) >= 11 is 0. The van der Waals surface area contributed by atoms with Gasteiger partial charge in [0, 0.05) is 24.2 Å². The van der Waals surface area contributed by atoms with Crippen LogP contribution in [0.4, 0.5) is 0 Å². The third-order valence-electron chi connectivity index (χ3n) is 6.21. The van der Waals surface area contributed by atoms with Gasteiger partial charge in [-0.05, 0) is 49.7 Å². The number of fused-ring (bicyclic) bond motifs is 2. The third-order valence-corrected chi connectivity index (χ3v) is 6.21. The molecule has 2 aliphatic rings. The molecule has 0 saturated carbocycles. The number of amides is 2. The predicted octanol–water partition coefficient (Wildman–Crippen LogP) is 2.24. The molecule has 1 fully saturated rings. The molecule has 1 saturated heterocycles. The van der Waals surface area contributed by atoms with E-state index < -0.39 is 11.9 Å². The Bertz CT molecular complexity index is 1000. The van der Waals surface area contributed by atoms with E-state index >= 15 is 0 Å². The first-order valence-electron chi connectivity index (χ1n) is 10.6. The number of para-hydroxylation sites is 1. The maximum atomic E-state index is 13.1. The molecule has 2 atom stereocenters. The van der Waals surface area contributed by atoms with Crippen LogP contribution in [0.3, 0.4) is 0 Å². The highest BCUT2D eigenvalue weighted by atomic mass is 16.5. The van der Waals surface area contributed by atoms with Gasteiger partial charge in [0.25, 0.3) is 5.91 Å². The fourth-order valence-electron chi connectivity index (χ4n) is 4.52. The lowest BCUT2D eigenvalue weighted by atomic mass is 9.84. The molecule has 7 heteroatoms. The van der Waals surface area contributed by atoms with Gasteiger partial charge in [0.1, 0.15) is 0 Å². The number of pyridine rings is 1. The van der Waals surface area contributed by atoms with Crippen LogP contribution in [-0.4, -0.2) is 47.4 Å². The van der Waals surface area contributed by atoms with Crippen molar-refractivity contribution < 1.29 is 19.1 Å². The van der Waals surface area contributed by atoms with Gasteiger partial charge in [-0.3, -0.25) is 14.6 Å². The number of likely N-dealkylation sites (tertiary alicyclic amines) is 1. The smallest absolute Gasteiger partial charge is 0.339 e. The van der Waals surface area contributed by atoms with Crippen LogP contribution in [0.1, 0.15) is 47.8 Å². The number of hydrogen-bond donors (Lipinski definition) is 1. The summed E-state index contributed by atoms with van der Waals surface area (Å²) in [6.45, 7) is 2.66. The monoisotopic (exact) mass is 409 g/mol. The molecule has 1 aromatic carbocycles. The number of aryl methyl sites for hydroxylation is 1. The van der Waals surface area contributed by atoms with E-state index in [1.165, 1.54) is 0 Å². The molecule has 1 aromatic heterocycles. The van der Waals surface area contributed by atoms with E-state index in [4.69, 9.17) is 15.5 Å². The summed E-state index contributed by atoms with van der Waals surface area (Å²) in [4.78, 5) is 43.5. The minimum Gasteiger partial charge on any atom is -0.452 e. The van der Waals surface area contributed by atoms with Gasteiger partial charge in [-0.2, -0.15) is 0 Å². The molecule has 0 spiro atoms. The van der Waals surface area contributed by atoms with Crippen molar-refractivity contribution in [3.05, 3.63) is 41.1 Å². The first-order chi connectivity index (χ1) is 14.4. The van der Waals surface area contributed by atoms with Crippen molar-refractivity contribution in [2.24, 2.45) is 17.6 Å². The molecule has 4 rings (SSSR count). The van der Waals surface area contributed by atoms with Gasteiger partial charge in [-0.15, -0.1) is 0 Å². The minimum atomic E-state index is -0.490. The van der Waals surface area contributed by atoms with Gasteiger partial charge < -0.3 is 15.4 Å². The summed E-state index contributed by atoms with van der Waals surface area (Å²) in [5, 5.41) is 0.759. The van der Waals surface area contributed by atoms with Crippen LogP contribution in [0.15, 0.2) is 24.3 Å². The standard InChI is InChI=1S/C23H27N3O4/c1-14-8-9-19-17(11-14)21(16-6-2-3-7-18(16)25-19)23(29)30-13-20(27)26-10-4-5-15(12-26)22(24)28/h2-3,6-7,14-15H,4-5,8-13H2,1H3,(H2,24,28)/t14-,15-/m0/s1. The number of aromatic nitrogens is 1. The molecule has 0 unspecified atom stereocenters. The second-order valence-corrected chi connectivity index (χ2v) is 8.43. The van der Waals surface area contributed by atoms with E-state index in [1.807, 2.05) is 24.3 Å². The number of hydrogen-bond acceptors (Lipinski definition) is 5. The zero-order valence-corrected chi connectivity index (χ0v) is 17.2. The Balaban J connectivity index is 1.54. The minimum absolute atomic E-state index is 0.289. The average molecular weight is 409 g/mol. The molecular weight excluding hydrogens is 382 g/mol. The lowest BCUT2D eigenvalue weighted by molar-refractivity contribution is -0.137. The van der Waals surface area contributed by atoms with Gasteiger partial charge >= 0.3 is 5.97 Å². The van der Waals surface area contributed by atoms with Crippen molar-refractivity contribution in [1.82, 2.24) is 9.88 Å². The van der Waals surface area contributed by atoms with Gasteiger partial charge in [0.05, 0.1) is 17.0 Å². The topological polar surface area (TPSA) is 103 Å². The number of nitrogens with zero attached hydrogens (tertiary/aromatic N) is 2. The number of esters is 1. The average Bonchev–Trinajstić information content (AvgIpc) is 2.75. The zero-order valence-electron chi connectivity index (χ0n) is 17.2. The van der Waals surface area contributed by atoms with Crippen LogP contribution >= 0.6 is 0 Å². The molecule has 7 nitrogen and oxygen atoms in total. The molecule has 0 radical (unpaired) electrons. The van der Waals surface area contributed by atoms with Crippen molar-refractivity contribution in [3.8, 4) is 0 Å². The molecule has 2 aromatic rings.